The summed E-state index contributed by atoms with van der Waals surface area (Å²) in [7, 11) is 0. The van der Waals surface area contributed by atoms with Gasteiger partial charge in [-0.05, 0) is 38.0 Å². The van der Waals surface area contributed by atoms with Gasteiger partial charge in [-0.25, -0.2) is 4.79 Å². The first-order valence-corrected chi connectivity index (χ1v) is 10.9. The summed E-state index contributed by atoms with van der Waals surface area (Å²) in [5, 5.41) is 5.48. The van der Waals surface area contributed by atoms with E-state index in [0.29, 0.717) is 23.4 Å². The summed E-state index contributed by atoms with van der Waals surface area (Å²) in [4.78, 5) is 38.4. The molecule has 0 atom stereocenters. The van der Waals surface area contributed by atoms with E-state index in [4.69, 9.17) is 4.74 Å². The second kappa shape index (κ2) is 8.94. The van der Waals surface area contributed by atoms with Crippen LogP contribution in [0.5, 0.6) is 0 Å². The maximum absolute atomic E-state index is 13.3. The quantitative estimate of drug-likeness (QED) is 0.457. The van der Waals surface area contributed by atoms with Crippen molar-refractivity contribution < 1.29 is 14.3 Å². The van der Waals surface area contributed by atoms with Crippen molar-refractivity contribution in [3.63, 3.8) is 0 Å². The van der Waals surface area contributed by atoms with Crippen molar-refractivity contribution in [2.24, 2.45) is 0 Å². The molecule has 7 nitrogen and oxygen atoms in total. The van der Waals surface area contributed by atoms with Crippen LogP contribution in [0.3, 0.4) is 0 Å². The Morgan fingerprint density at radius 1 is 0.939 bits per heavy atom. The van der Waals surface area contributed by atoms with Gasteiger partial charge in [-0.1, -0.05) is 54.6 Å². The first-order chi connectivity index (χ1) is 15.7. The zero-order valence-corrected chi connectivity index (χ0v) is 19.0. The van der Waals surface area contributed by atoms with Gasteiger partial charge in [0.25, 0.3) is 11.5 Å². The molecule has 0 spiro atoms. The maximum Gasteiger partial charge on any atom is 0.407 e. The minimum atomic E-state index is -0.591. The number of aromatic nitrogens is 1. The molecule has 0 saturated carbocycles. The molecule has 0 fully saturated rings. The summed E-state index contributed by atoms with van der Waals surface area (Å²) >= 11 is 0. The molecule has 1 aromatic heterocycles. The molecule has 2 amide bonds. The summed E-state index contributed by atoms with van der Waals surface area (Å²) in [6, 6.07) is 18.7. The zero-order chi connectivity index (χ0) is 23.6. The highest BCUT2D eigenvalue weighted by Gasteiger charge is 2.27. The SMILES string of the molecule is CC(C)(C)OC(=O)NCCNC(=O)c1cc(-c2ccccc2)c(=O)n2c1-c1ccccc1C2. The summed E-state index contributed by atoms with van der Waals surface area (Å²) in [6.07, 6.45) is -0.538. The largest absolute Gasteiger partial charge is 0.444 e. The molecule has 0 saturated heterocycles. The number of fused-ring (bicyclic) bond motifs is 3. The third-order valence-corrected chi connectivity index (χ3v) is 5.30. The molecule has 1 aliphatic heterocycles. The van der Waals surface area contributed by atoms with Crippen molar-refractivity contribution in [3.05, 3.63) is 82.1 Å². The number of nitrogens with zero attached hydrogens (tertiary/aromatic N) is 1. The number of pyridine rings is 1. The number of amides is 2. The molecular weight excluding hydrogens is 418 g/mol. The first-order valence-electron chi connectivity index (χ1n) is 10.9. The third kappa shape index (κ3) is 4.82. The highest BCUT2D eigenvalue weighted by atomic mass is 16.6. The average Bonchev–Trinajstić information content (AvgIpc) is 3.17. The number of carbonyl (C=O) groups excluding carboxylic acids is 2. The van der Waals surface area contributed by atoms with Crippen molar-refractivity contribution in [3.8, 4) is 22.4 Å². The minimum absolute atomic E-state index is 0.129. The van der Waals surface area contributed by atoms with Gasteiger partial charge in [0.1, 0.15) is 5.60 Å². The molecule has 7 heteroatoms. The molecule has 0 bridgehead atoms. The molecule has 4 rings (SSSR count). The molecule has 0 radical (unpaired) electrons. The molecule has 2 heterocycles. The summed E-state index contributed by atoms with van der Waals surface area (Å²) in [5.41, 5.74) is 3.44. The molecule has 33 heavy (non-hydrogen) atoms. The number of carbonyl (C=O) groups is 2. The summed E-state index contributed by atoms with van der Waals surface area (Å²) in [6.45, 7) is 6.22. The molecule has 1 aliphatic rings. The highest BCUT2D eigenvalue weighted by molar-refractivity contribution is 6.02. The molecular formula is C26H27N3O4. The van der Waals surface area contributed by atoms with E-state index in [9.17, 15) is 14.4 Å². The number of hydrogen-bond acceptors (Lipinski definition) is 4. The van der Waals surface area contributed by atoms with Gasteiger partial charge in [0.2, 0.25) is 0 Å². The molecule has 0 aliphatic carbocycles. The van der Waals surface area contributed by atoms with Gasteiger partial charge >= 0.3 is 6.09 Å². The van der Waals surface area contributed by atoms with Crippen molar-refractivity contribution in [2.45, 2.75) is 32.9 Å². The second-order valence-corrected chi connectivity index (χ2v) is 8.92. The lowest BCUT2D eigenvalue weighted by Gasteiger charge is -2.19. The van der Waals surface area contributed by atoms with E-state index in [1.807, 2.05) is 54.6 Å². The predicted molar refractivity (Wildman–Crippen MR) is 127 cm³/mol. The van der Waals surface area contributed by atoms with Crippen LogP contribution in [0.2, 0.25) is 0 Å². The zero-order valence-electron chi connectivity index (χ0n) is 19.0. The normalized spacial score (nSPS) is 12.0. The Labute approximate surface area is 192 Å². The van der Waals surface area contributed by atoms with Gasteiger partial charge in [-0.3, -0.25) is 9.59 Å². The molecule has 3 aromatic rings. The Hall–Kier alpha value is -3.87. The Kier molecular flexibility index (Phi) is 6.05. The molecule has 0 unspecified atom stereocenters. The number of alkyl carbamates (subject to hydrolysis) is 1. The number of ether oxygens (including phenoxy) is 1. The molecule has 2 N–H and O–H groups in total. The highest BCUT2D eigenvalue weighted by Crippen LogP contribution is 2.34. The Balaban J connectivity index is 1.61. The average molecular weight is 446 g/mol. The lowest BCUT2D eigenvalue weighted by Crippen LogP contribution is -2.38. The van der Waals surface area contributed by atoms with Gasteiger partial charge in [-0.15, -0.1) is 0 Å². The van der Waals surface area contributed by atoms with Crippen LogP contribution in [-0.2, 0) is 11.3 Å². The van der Waals surface area contributed by atoms with E-state index in [2.05, 4.69) is 10.6 Å². The molecule has 2 aromatic carbocycles. The fourth-order valence-corrected chi connectivity index (χ4v) is 3.92. The van der Waals surface area contributed by atoms with E-state index in [1.165, 1.54) is 0 Å². The van der Waals surface area contributed by atoms with Crippen LogP contribution in [0, 0.1) is 0 Å². The lowest BCUT2D eigenvalue weighted by atomic mass is 9.99. The predicted octanol–water partition coefficient (Wildman–Crippen LogP) is 3.80. The van der Waals surface area contributed by atoms with Gasteiger partial charge in [0, 0.05) is 24.2 Å². The summed E-state index contributed by atoms with van der Waals surface area (Å²) < 4.78 is 6.87. The first kappa shape index (κ1) is 22.3. The lowest BCUT2D eigenvalue weighted by molar-refractivity contribution is 0.0526. The van der Waals surface area contributed by atoms with Gasteiger partial charge in [-0.2, -0.15) is 0 Å². The van der Waals surface area contributed by atoms with Crippen LogP contribution in [0.1, 0.15) is 36.7 Å². The van der Waals surface area contributed by atoms with E-state index in [-0.39, 0.29) is 24.6 Å². The van der Waals surface area contributed by atoms with Gasteiger partial charge < -0.3 is 19.9 Å². The third-order valence-electron chi connectivity index (χ3n) is 5.30. The van der Waals surface area contributed by atoms with Crippen molar-refractivity contribution in [1.29, 1.82) is 0 Å². The fourth-order valence-electron chi connectivity index (χ4n) is 3.92. The van der Waals surface area contributed by atoms with Crippen molar-refractivity contribution >= 4 is 12.0 Å². The maximum atomic E-state index is 13.3. The Morgan fingerprint density at radius 2 is 1.61 bits per heavy atom. The molecule has 170 valence electrons. The fraction of sp³-hybridized carbons (Fsp3) is 0.269. The van der Waals surface area contributed by atoms with Crippen LogP contribution < -0.4 is 16.2 Å². The van der Waals surface area contributed by atoms with E-state index in [0.717, 1.165) is 16.7 Å². The smallest absolute Gasteiger partial charge is 0.407 e. The van der Waals surface area contributed by atoms with E-state index >= 15 is 0 Å². The van der Waals surface area contributed by atoms with E-state index in [1.54, 1.807) is 31.4 Å². The topological polar surface area (TPSA) is 89.4 Å². The monoisotopic (exact) mass is 445 g/mol. The van der Waals surface area contributed by atoms with Crippen LogP contribution in [0.25, 0.3) is 22.4 Å². The van der Waals surface area contributed by atoms with Crippen molar-refractivity contribution in [2.75, 3.05) is 13.1 Å². The second-order valence-electron chi connectivity index (χ2n) is 8.92. The number of nitrogens with one attached hydrogen (secondary N) is 2. The number of benzene rings is 2. The minimum Gasteiger partial charge on any atom is -0.444 e. The number of rotatable bonds is 5. The van der Waals surface area contributed by atoms with Crippen LogP contribution in [-0.4, -0.2) is 35.3 Å². The van der Waals surface area contributed by atoms with Gasteiger partial charge in [0.05, 0.1) is 17.8 Å². The van der Waals surface area contributed by atoms with Crippen LogP contribution in [0.15, 0.2) is 65.5 Å². The Morgan fingerprint density at radius 3 is 2.33 bits per heavy atom. The summed E-state index contributed by atoms with van der Waals surface area (Å²) in [5.74, 6) is -0.307. The van der Waals surface area contributed by atoms with Crippen LogP contribution >= 0.6 is 0 Å². The van der Waals surface area contributed by atoms with Crippen LogP contribution in [0.4, 0.5) is 4.79 Å². The number of hydrogen-bond donors (Lipinski definition) is 2. The van der Waals surface area contributed by atoms with Gasteiger partial charge in [0.15, 0.2) is 0 Å². The van der Waals surface area contributed by atoms with Crippen molar-refractivity contribution in [1.82, 2.24) is 15.2 Å². The standard InChI is InChI=1S/C26H27N3O4/c1-26(2,3)33-25(32)28-14-13-27-23(30)21-15-20(17-9-5-4-6-10-17)24(31)29-16-18-11-7-8-12-19(18)22(21)29/h4-12,15H,13-14,16H2,1-3H3,(H,27,30)(H,28,32). The van der Waals surface area contributed by atoms with E-state index < -0.39 is 11.7 Å². The Bertz CT molecular complexity index is 1260.